The van der Waals surface area contributed by atoms with Crippen LogP contribution in [0.4, 0.5) is 5.82 Å². The minimum absolute atomic E-state index is 0.631. The molecule has 130 valence electrons. The summed E-state index contributed by atoms with van der Waals surface area (Å²) in [7, 11) is 0. The van der Waals surface area contributed by atoms with Crippen LogP contribution < -0.4 is 5.32 Å². The summed E-state index contributed by atoms with van der Waals surface area (Å²) in [6.07, 6.45) is 7.17. The summed E-state index contributed by atoms with van der Waals surface area (Å²) in [4.78, 5) is 19.1. The molecule has 3 aromatic rings. The molecule has 0 bridgehead atoms. The lowest BCUT2D eigenvalue weighted by Gasteiger charge is -2.17. The average molecular weight is 338 g/mol. The minimum Gasteiger partial charge on any atom is -0.468 e. The van der Waals surface area contributed by atoms with E-state index >= 15 is 0 Å². The molecule has 2 N–H and O–H groups in total. The van der Waals surface area contributed by atoms with Crippen LogP contribution in [0.5, 0.6) is 0 Å². The lowest BCUT2D eigenvalue weighted by Crippen LogP contribution is -2.25. The summed E-state index contributed by atoms with van der Waals surface area (Å²) in [5.41, 5.74) is 2.37. The van der Waals surface area contributed by atoms with Crippen molar-refractivity contribution in [1.29, 1.82) is 0 Å². The number of aromatic amines is 1. The van der Waals surface area contributed by atoms with Crippen LogP contribution in [0, 0.1) is 6.92 Å². The number of nitrogens with zero attached hydrogens (tertiary/aromatic N) is 4. The smallest absolute Gasteiger partial charge is 0.133 e. The number of hydrogen-bond acceptors (Lipinski definition) is 6. The second kappa shape index (κ2) is 7.06. The molecule has 0 atom stereocenters. The number of furan rings is 1. The van der Waals surface area contributed by atoms with Crippen molar-refractivity contribution in [3.63, 3.8) is 0 Å². The topological polar surface area (TPSA) is 82.9 Å². The molecule has 0 saturated heterocycles. The SMILES string of the molecule is Cc1nc2c(c(NCc3ncc[nH]3)n1)CCN(Cc1ccco1)CC2. The third-order valence-electron chi connectivity index (χ3n) is 4.49. The van der Waals surface area contributed by atoms with E-state index in [1.165, 1.54) is 5.56 Å². The highest BCUT2D eigenvalue weighted by atomic mass is 16.3. The van der Waals surface area contributed by atoms with Crippen LogP contribution >= 0.6 is 0 Å². The van der Waals surface area contributed by atoms with Crippen molar-refractivity contribution in [3.8, 4) is 0 Å². The molecule has 7 heteroatoms. The predicted molar refractivity (Wildman–Crippen MR) is 94.1 cm³/mol. The third kappa shape index (κ3) is 3.71. The summed E-state index contributed by atoms with van der Waals surface area (Å²) in [6, 6.07) is 3.96. The highest BCUT2D eigenvalue weighted by molar-refractivity contribution is 5.47. The van der Waals surface area contributed by atoms with Crippen LogP contribution in [0.15, 0.2) is 35.2 Å². The van der Waals surface area contributed by atoms with E-state index in [0.717, 1.165) is 61.4 Å². The predicted octanol–water partition coefficient (Wildman–Crippen LogP) is 2.31. The Kier molecular flexibility index (Phi) is 4.47. The van der Waals surface area contributed by atoms with Crippen molar-refractivity contribution in [2.45, 2.75) is 32.9 Å². The fourth-order valence-electron chi connectivity index (χ4n) is 3.26. The van der Waals surface area contributed by atoms with E-state index in [1.807, 2.05) is 25.3 Å². The van der Waals surface area contributed by atoms with Gasteiger partial charge in [-0.1, -0.05) is 0 Å². The number of hydrogen-bond donors (Lipinski definition) is 2. The van der Waals surface area contributed by atoms with E-state index in [0.29, 0.717) is 6.54 Å². The van der Waals surface area contributed by atoms with Gasteiger partial charge in [-0.25, -0.2) is 15.0 Å². The molecule has 7 nitrogen and oxygen atoms in total. The van der Waals surface area contributed by atoms with E-state index in [2.05, 4.69) is 30.2 Å². The molecule has 0 amide bonds. The first-order valence-electron chi connectivity index (χ1n) is 8.61. The monoisotopic (exact) mass is 338 g/mol. The van der Waals surface area contributed by atoms with Crippen LogP contribution in [0.25, 0.3) is 0 Å². The summed E-state index contributed by atoms with van der Waals surface area (Å²) >= 11 is 0. The highest BCUT2D eigenvalue weighted by Crippen LogP contribution is 2.22. The number of fused-ring (bicyclic) bond motifs is 1. The Morgan fingerprint density at radius 1 is 1.28 bits per heavy atom. The van der Waals surface area contributed by atoms with Gasteiger partial charge >= 0.3 is 0 Å². The molecule has 0 spiro atoms. The van der Waals surface area contributed by atoms with Gasteiger partial charge in [-0.2, -0.15) is 0 Å². The fraction of sp³-hybridized carbons (Fsp3) is 0.389. The van der Waals surface area contributed by atoms with Crippen molar-refractivity contribution in [3.05, 3.63) is 59.5 Å². The quantitative estimate of drug-likeness (QED) is 0.743. The maximum atomic E-state index is 5.48. The molecule has 1 aliphatic heterocycles. The van der Waals surface area contributed by atoms with Gasteiger partial charge in [0.1, 0.15) is 23.2 Å². The van der Waals surface area contributed by atoms with E-state index in [4.69, 9.17) is 4.42 Å². The number of H-pyrrole nitrogens is 1. The Labute approximate surface area is 146 Å². The number of rotatable bonds is 5. The van der Waals surface area contributed by atoms with Crippen molar-refractivity contribution in [2.75, 3.05) is 18.4 Å². The van der Waals surface area contributed by atoms with Crippen molar-refractivity contribution < 1.29 is 4.42 Å². The standard InChI is InChI=1S/C18H22N6O/c1-13-22-16-5-9-24(12-14-3-2-10-25-14)8-4-15(16)18(23-13)21-11-17-19-6-7-20-17/h2-3,6-7,10H,4-5,8-9,11-12H2,1H3,(H,19,20)(H,21,22,23). The van der Waals surface area contributed by atoms with E-state index < -0.39 is 0 Å². The summed E-state index contributed by atoms with van der Waals surface area (Å²) < 4.78 is 5.48. The maximum absolute atomic E-state index is 5.48. The molecular weight excluding hydrogens is 316 g/mol. The summed E-state index contributed by atoms with van der Waals surface area (Å²) in [5, 5.41) is 3.42. The Balaban J connectivity index is 1.50. The van der Waals surface area contributed by atoms with Gasteiger partial charge in [0, 0.05) is 37.5 Å². The highest BCUT2D eigenvalue weighted by Gasteiger charge is 2.20. The number of aryl methyl sites for hydroxylation is 1. The third-order valence-corrected chi connectivity index (χ3v) is 4.49. The van der Waals surface area contributed by atoms with Gasteiger partial charge < -0.3 is 14.7 Å². The Morgan fingerprint density at radius 2 is 2.20 bits per heavy atom. The normalized spacial score (nSPS) is 14.9. The number of nitrogens with one attached hydrogen (secondary N) is 2. The van der Waals surface area contributed by atoms with Gasteiger partial charge in [-0.15, -0.1) is 0 Å². The van der Waals surface area contributed by atoms with Gasteiger partial charge in [-0.05, 0) is 25.5 Å². The number of imidazole rings is 1. The summed E-state index contributed by atoms with van der Waals surface area (Å²) in [6.45, 7) is 5.36. The van der Waals surface area contributed by atoms with Gasteiger partial charge in [0.15, 0.2) is 0 Å². The average Bonchev–Trinajstić information content (AvgIpc) is 3.26. The minimum atomic E-state index is 0.631. The first-order chi connectivity index (χ1) is 12.3. The molecule has 3 aromatic heterocycles. The molecule has 0 saturated carbocycles. The zero-order chi connectivity index (χ0) is 17.1. The van der Waals surface area contributed by atoms with Gasteiger partial charge in [-0.3, -0.25) is 4.90 Å². The van der Waals surface area contributed by atoms with Crippen molar-refractivity contribution in [2.24, 2.45) is 0 Å². The molecule has 1 aliphatic rings. The Hall–Kier alpha value is -2.67. The lowest BCUT2D eigenvalue weighted by molar-refractivity contribution is 0.255. The fourth-order valence-corrected chi connectivity index (χ4v) is 3.26. The molecule has 25 heavy (non-hydrogen) atoms. The zero-order valence-electron chi connectivity index (χ0n) is 14.3. The number of anilines is 1. The second-order valence-corrected chi connectivity index (χ2v) is 6.29. The molecule has 0 aromatic carbocycles. The van der Waals surface area contributed by atoms with Crippen molar-refractivity contribution >= 4 is 5.82 Å². The van der Waals surface area contributed by atoms with E-state index in [1.54, 1.807) is 12.5 Å². The van der Waals surface area contributed by atoms with Crippen LogP contribution in [0.3, 0.4) is 0 Å². The molecule has 0 radical (unpaired) electrons. The Morgan fingerprint density at radius 3 is 3.00 bits per heavy atom. The van der Waals surface area contributed by atoms with Crippen LogP contribution in [-0.2, 0) is 25.9 Å². The Bertz CT molecular complexity index is 812. The molecule has 4 rings (SSSR count). The first kappa shape index (κ1) is 15.8. The van der Waals surface area contributed by atoms with Crippen LogP contribution in [0.1, 0.15) is 28.7 Å². The maximum Gasteiger partial charge on any atom is 0.133 e. The van der Waals surface area contributed by atoms with E-state index in [-0.39, 0.29) is 0 Å². The zero-order valence-corrected chi connectivity index (χ0v) is 14.3. The first-order valence-corrected chi connectivity index (χ1v) is 8.61. The number of aromatic nitrogens is 4. The molecular formula is C18H22N6O. The second-order valence-electron chi connectivity index (χ2n) is 6.29. The van der Waals surface area contributed by atoms with Gasteiger partial charge in [0.25, 0.3) is 0 Å². The largest absolute Gasteiger partial charge is 0.468 e. The van der Waals surface area contributed by atoms with Crippen molar-refractivity contribution in [1.82, 2.24) is 24.8 Å². The van der Waals surface area contributed by atoms with Gasteiger partial charge in [0.2, 0.25) is 0 Å². The molecule has 0 fully saturated rings. The summed E-state index contributed by atoms with van der Waals surface area (Å²) in [5.74, 6) is 3.64. The molecule has 0 unspecified atom stereocenters. The molecule has 0 aliphatic carbocycles. The van der Waals surface area contributed by atoms with Gasteiger partial charge in [0.05, 0.1) is 25.0 Å². The molecule has 4 heterocycles. The van der Waals surface area contributed by atoms with Crippen LogP contribution in [0.2, 0.25) is 0 Å². The van der Waals surface area contributed by atoms with E-state index in [9.17, 15) is 0 Å². The van der Waals surface area contributed by atoms with Crippen LogP contribution in [-0.4, -0.2) is 37.9 Å². The lowest BCUT2D eigenvalue weighted by atomic mass is 10.1.